The average Bonchev–Trinajstić information content (AvgIpc) is 2.51. The van der Waals surface area contributed by atoms with Crippen molar-refractivity contribution in [1.29, 1.82) is 0 Å². The van der Waals surface area contributed by atoms with Crippen LogP contribution in [-0.2, 0) is 9.53 Å². The van der Waals surface area contributed by atoms with Gasteiger partial charge in [0.25, 0.3) is 0 Å². The van der Waals surface area contributed by atoms with Gasteiger partial charge in [-0.2, -0.15) is 0 Å². The van der Waals surface area contributed by atoms with Crippen molar-refractivity contribution in [2.24, 2.45) is 0 Å². The Morgan fingerprint density at radius 1 is 1.27 bits per heavy atom. The van der Waals surface area contributed by atoms with Crippen molar-refractivity contribution in [3.05, 3.63) is 0 Å². The van der Waals surface area contributed by atoms with Crippen LogP contribution in [0, 0.1) is 0 Å². The molecule has 1 fully saturated rings. The normalized spacial score (nSPS) is 25.6. The Morgan fingerprint density at radius 2 is 1.93 bits per heavy atom. The molecule has 0 aromatic heterocycles. The molecule has 15 heavy (non-hydrogen) atoms. The third-order valence-electron chi connectivity index (χ3n) is 2.93. The number of rotatable bonds is 7. The fourth-order valence-corrected chi connectivity index (χ4v) is 1.97. The summed E-state index contributed by atoms with van der Waals surface area (Å²) >= 11 is 0. The first-order valence-electron chi connectivity index (χ1n) is 6.11. The van der Waals surface area contributed by atoms with E-state index in [-0.39, 0.29) is 18.5 Å². The molecule has 0 aliphatic carbocycles. The van der Waals surface area contributed by atoms with E-state index in [1.807, 2.05) is 0 Å². The Balaban J connectivity index is 1.98. The molecule has 0 saturated carbocycles. The largest absolute Gasteiger partial charge is 0.460 e. The van der Waals surface area contributed by atoms with Crippen LogP contribution in [0.4, 0.5) is 0 Å². The van der Waals surface area contributed by atoms with Gasteiger partial charge < -0.3 is 9.84 Å². The zero-order chi connectivity index (χ0) is 11.1. The summed E-state index contributed by atoms with van der Waals surface area (Å²) in [5, 5.41) is 9.45. The monoisotopic (exact) mass is 214 g/mol. The molecule has 3 nitrogen and oxygen atoms in total. The summed E-state index contributed by atoms with van der Waals surface area (Å²) in [6.45, 7) is 2.20. The Hall–Kier alpha value is -0.570. The lowest BCUT2D eigenvalue weighted by atomic mass is 10.0. The van der Waals surface area contributed by atoms with Crippen molar-refractivity contribution in [3.8, 4) is 0 Å². The van der Waals surface area contributed by atoms with Crippen LogP contribution in [0.5, 0.6) is 0 Å². The van der Waals surface area contributed by atoms with Gasteiger partial charge in [-0.1, -0.05) is 39.0 Å². The maximum Gasteiger partial charge on any atom is 0.308 e. The minimum Gasteiger partial charge on any atom is -0.460 e. The molecule has 0 spiro atoms. The zero-order valence-electron chi connectivity index (χ0n) is 9.58. The number of carbonyl (C=O) groups excluding carboxylic acids is 1. The Bertz CT molecular complexity index is 191. The molecule has 0 bridgehead atoms. The molecule has 0 radical (unpaired) electrons. The zero-order valence-corrected chi connectivity index (χ0v) is 9.58. The number of hydrogen-bond acceptors (Lipinski definition) is 3. The first-order chi connectivity index (χ1) is 7.24. The highest BCUT2D eigenvalue weighted by atomic mass is 16.6. The Morgan fingerprint density at radius 3 is 2.53 bits per heavy atom. The van der Waals surface area contributed by atoms with Crippen LogP contribution in [0.1, 0.15) is 58.3 Å². The standard InChI is InChI=1S/C12H22O3/c1-2-3-4-5-6-7-8-11-10(13)9-12(14)15-11/h10-11,13H,2-9H2,1H3/t10-,11-/m1/s1. The average molecular weight is 214 g/mol. The van der Waals surface area contributed by atoms with E-state index in [1.54, 1.807) is 0 Å². The summed E-state index contributed by atoms with van der Waals surface area (Å²) in [7, 11) is 0. The molecule has 1 heterocycles. The van der Waals surface area contributed by atoms with Crippen LogP contribution < -0.4 is 0 Å². The minimum absolute atomic E-state index is 0.181. The van der Waals surface area contributed by atoms with Gasteiger partial charge in [0.05, 0.1) is 6.42 Å². The van der Waals surface area contributed by atoms with E-state index in [9.17, 15) is 9.90 Å². The lowest BCUT2D eigenvalue weighted by Gasteiger charge is -2.12. The third kappa shape index (κ3) is 4.65. The van der Waals surface area contributed by atoms with Crippen LogP contribution in [0.25, 0.3) is 0 Å². The highest BCUT2D eigenvalue weighted by molar-refractivity contribution is 5.72. The van der Waals surface area contributed by atoms with Crippen molar-refractivity contribution < 1.29 is 14.6 Å². The second-order valence-corrected chi connectivity index (χ2v) is 4.36. The summed E-state index contributed by atoms with van der Waals surface area (Å²) in [5.41, 5.74) is 0. The summed E-state index contributed by atoms with van der Waals surface area (Å²) < 4.78 is 5.01. The molecule has 0 unspecified atom stereocenters. The molecule has 1 aliphatic heterocycles. The molecule has 2 atom stereocenters. The van der Waals surface area contributed by atoms with Gasteiger partial charge in [-0.25, -0.2) is 0 Å². The predicted molar refractivity (Wildman–Crippen MR) is 58.5 cm³/mol. The quantitative estimate of drug-likeness (QED) is 0.523. The van der Waals surface area contributed by atoms with Crippen molar-refractivity contribution in [3.63, 3.8) is 0 Å². The van der Waals surface area contributed by atoms with Gasteiger partial charge in [0.15, 0.2) is 0 Å². The molecule has 0 amide bonds. The highest BCUT2D eigenvalue weighted by Crippen LogP contribution is 2.20. The minimum atomic E-state index is -0.562. The second-order valence-electron chi connectivity index (χ2n) is 4.36. The van der Waals surface area contributed by atoms with E-state index >= 15 is 0 Å². The lowest BCUT2D eigenvalue weighted by molar-refractivity contribution is -0.142. The van der Waals surface area contributed by atoms with E-state index in [2.05, 4.69) is 6.92 Å². The van der Waals surface area contributed by atoms with Gasteiger partial charge in [-0.05, 0) is 12.8 Å². The topological polar surface area (TPSA) is 46.5 Å². The summed E-state index contributed by atoms with van der Waals surface area (Å²) in [5.74, 6) is -0.251. The second kappa shape index (κ2) is 6.83. The number of cyclic esters (lactones) is 1. The van der Waals surface area contributed by atoms with E-state index in [4.69, 9.17) is 4.74 Å². The first-order valence-corrected chi connectivity index (χ1v) is 6.11. The van der Waals surface area contributed by atoms with Crippen molar-refractivity contribution >= 4 is 5.97 Å². The molecule has 1 N–H and O–H groups in total. The van der Waals surface area contributed by atoms with E-state index in [1.165, 1.54) is 32.1 Å². The van der Waals surface area contributed by atoms with Crippen LogP contribution in [-0.4, -0.2) is 23.3 Å². The van der Waals surface area contributed by atoms with E-state index in [0.29, 0.717) is 0 Å². The molecular formula is C12H22O3. The SMILES string of the molecule is CCCCCCCC[C@H]1OC(=O)C[C@H]1O. The number of aliphatic hydroxyl groups excluding tert-OH is 1. The third-order valence-corrected chi connectivity index (χ3v) is 2.93. The van der Waals surface area contributed by atoms with Crippen LogP contribution in [0.15, 0.2) is 0 Å². The van der Waals surface area contributed by atoms with Gasteiger partial charge in [-0.15, -0.1) is 0 Å². The molecular weight excluding hydrogens is 192 g/mol. The lowest BCUT2D eigenvalue weighted by Crippen LogP contribution is -2.20. The van der Waals surface area contributed by atoms with Crippen molar-refractivity contribution in [2.45, 2.75) is 70.5 Å². The van der Waals surface area contributed by atoms with Gasteiger partial charge >= 0.3 is 5.97 Å². The Labute approximate surface area is 91.8 Å². The Kier molecular flexibility index (Phi) is 5.69. The predicted octanol–water partition coefficient (Wildman–Crippen LogP) is 2.41. The number of ether oxygens (including phenoxy) is 1. The first kappa shape index (κ1) is 12.5. The number of hydrogen-bond donors (Lipinski definition) is 1. The number of aliphatic hydroxyl groups is 1. The van der Waals surface area contributed by atoms with E-state index < -0.39 is 6.10 Å². The molecule has 1 aliphatic rings. The molecule has 1 saturated heterocycles. The molecule has 3 heteroatoms. The van der Waals surface area contributed by atoms with Crippen LogP contribution >= 0.6 is 0 Å². The molecule has 0 aromatic carbocycles. The molecule has 88 valence electrons. The van der Waals surface area contributed by atoms with Crippen LogP contribution in [0.2, 0.25) is 0 Å². The summed E-state index contributed by atoms with van der Waals surface area (Å²) in [6.07, 6.45) is 7.56. The van der Waals surface area contributed by atoms with Crippen molar-refractivity contribution in [1.82, 2.24) is 0 Å². The van der Waals surface area contributed by atoms with Gasteiger partial charge in [0, 0.05) is 0 Å². The fraction of sp³-hybridized carbons (Fsp3) is 0.917. The number of esters is 1. The highest BCUT2D eigenvalue weighted by Gasteiger charge is 2.32. The maximum atomic E-state index is 10.9. The smallest absolute Gasteiger partial charge is 0.308 e. The molecule has 0 aromatic rings. The summed E-state index contributed by atoms with van der Waals surface area (Å²) in [4.78, 5) is 10.9. The van der Waals surface area contributed by atoms with Crippen molar-refractivity contribution in [2.75, 3.05) is 0 Å². The summed E-state index contributed by atoms with van der Waals surface area (Å²) in [6, 6.07) is 0. The van der Waals surface area contributed by atoms with E-state index in [0.717, 1.165) is 12.8 Å². The number of carbonyl (C=O) groups is 1. The fourth-order valence-electron chi connectivity index (χ4n) is 1.97. The van der Waals surface area contributed by atoms with Gasteiger partial charge in [-0.3, -0.25) is 4.79 Å². The molecule has 1 rings (SSSR count). The van der Waals surface area contributed by atoms with Crippen LogP contribution in [0.3, 0.4) is 0 Å². The van der Waals surface area contributed by atoms with Gasteiger partial charge in [0.2, 0.25) is 0 Å². The number of unbranched alkanes of at least 4 members (excludes halogenated alkanes) is 5. The van der Waals surface area contributed by atoms with Gasteiger partial charge in [0.1, 0.15) is 12.2 Å². The maximum absolute atomic E-state index is 10.9.